The highest BCUT2D eigenvalue weighted by Crippen LogP contribution is 2.28. The van der Waals surface area contributed by atoms with Crippen molar-refractivity contribution in [3.05, 3.63) is 6.33 Å². The van der Waals surface area contributed by atoms with E-state index in [9.17, 15) is 0 Å². The molecule has 0 aliphatic carbocycles. The molecule has 0 fully saturated rings. The fourth-order valence-electron chi connectivity index (χ4n) is 1.60. The summed E-state index contributed by atoms with van der Waals surface area (Å²) < 4.78 is 5.37. The molecule has 0 aromatic carbocycles. The van der Waals surface area contributed by atoms with Crippen LogP contribution in [-0.4, -0.2) is 54.7 Å². The van der Waals surface area contributed by atoms with Crippen molar-refractivity contribution in [2.75, 3.05) is 44.4 Å². The summed E-state index contributed by atoms with van der Waals surface area (Å²) in [4.78, 5) is 10.7. The topological polar surface area (TPSA) is 62.3 Å². The van der Waals surface area contributed by atoms with Crippen molar-refractivity contribution in [2.45, 2.75) is 26.8 Å². The number of likely N-dealkylation sites (N-methyl/N-ethyl adjacent to an activating group) is 1. The van der Waals surface area contributed by atoms with Gasteiger partial charge in [0.2, 0.25) is 5.75 Å². The average molecular weight is 267 g/mol. The summed E-state index contributed by atoms with van der Waals surface area (Å²) in [6.07, 6.45) is 1.54. The maximum Gasteiger partial charge on any atom is 0.204 e. The Labute approximate surface area is 115 Å². The molecule has 1 heterocycles. The molecule has 6 heteroatoms. The van der Waals surface area contributed by atoms with Gasteiger partial charge in [-0.05, 0) is 27.8 Å². The van der Waals surface area contributed by atoms with Crippen LogP contribution in [0, 0.1) is 0 Å². The Balaban J connectivity index is 2.65. The molecule has 1 aromatic rings. The van der Waals surface area contributed by atoms with Crippen LogP contribution in [0.2, 0.25) is 0 Å². The number of aromatic nitrogens is 2. The number of nitrogens with zero attached hydrogens (tertiary/aromatic N) is 3. The molecular weight excluding hydrogens is 242 g/mol. The van der Waals surface area contributed by atoms with E-state index in [1.54, 1.807) is 7.11 Å². The fourth-order valence-corrected chi connectivity index (χ4v) is 1.60. The van der Waals surface area contributed by atoms with Crippen LogP contribution in [0.3, 0.4) is 0 Å². The largest absolute Gasteiger partial charge is 0.490 e. The molecule has 1 aromatic heterocycles. The fraction of sp³-hybridized carbons (Fsp3) is 0.692. The van der Waals surface area contributed by atoms with Crippen molar-refractivity contribution in [2.24, 2.45) is 0 Å². The third-order valence-electron chi connectivity index (χ3n) is 2.99. The molecule has 0 atom stereocenters. The molecule has 0 saturated carbocycles. The monoisotopic (exact) mass is 267 g/mol. The Morgan fingerprint density at radius 1 is 1.26 bits per heavy atom. The number of ether oxygens (including phenoxy) is 1. The van der Waals surface area contributed by atoms with Gasteiger partial charge in [-0.3, -0.25) is 0 Å². The highest BCUT2D eigenvalue weighted by Gasteiger charge is 2.11. The van der Waals surface area contributed by atoms with Crippen LogP contribution in [0.1, 0.15) is 20.8 Å². The number of hydrogen-bond donors (Lipinski definition) is 2. The highest BCUT2D eigenvalue weighted by molar-refractivity contribution is 5.63. The van der Waals surface area contributed by atoms with Crippen molar-refractivity contribution >= 4 is 11.6 Å². The molecule has 0 saturated heterocycles. The smallest absolute Gasteiger partial charge is 0.204 e. The SMILES string of the molecule is CCNc1ncnc(NCCN(C)C(C)C)c1OC. The molecule has 0 radical (unpaired) electrons. The van der Waals surface area contributed by atoms with Crippen LogP contribution < -0.4 is 15.4 Å². The summed E-state index contributed by atoms with van der Waals surface area (Å²) in [5.41, 5.74) is 0. The quantitative estimate of drug-likeness (QED) is 0.747. The molecule has 6 nitrogen and oxygen atoms in total. The zero-order valence-electron chi connectivity index (χ0n) is 12.5. The first kappa shape index (κ1) is 15.5. The lowest BCUT2D eigenvalue weighted by Gasteiger charge is -2.21. The Morgan fingerprint density at radius 2 is 1.89 bits per heavy atom. The Bertz CT molecular complexity index is 383. The van der Waals surface area contributed by atoms with E-state index in [0.29, 0.717) is 11.8 Å². The lowest BCUT2D eigenvalue weighted by molar-refractivity contribution is 0.284. The maximum atomic E-state index is 5.37. The zero-order valence-corrected chi connectivity index (χ0v) is 12.5. The summed E-state index contributed by atoms with van der Waals surface area (Å²) in [5.74, 6) is 2.11. The number of rotatable bonds is 8. The average Bonchev–Trinajstić information content (AvgIpc) is 2.39. The van der Waals surface area contributed by atoms with Crippen LogP contribution in [0.4, 0.5) is 11.6 Å². The lowest BCUT2D eigenvalue weighted by Crippen LogP contribution is -2.31. The maximum absolute atomic E-state index is 5.37. The Kier molecular flexibility index (Phi) is 6.35. The predicted molar refractivity (Wildman–Crippen MR) is 79.0 cm³/mol. The molecule has 0 unspecified atom stereocenters. The molecule has 0 aliphatic rings. The van der Waals surface area contributed by atoms with E-state index in [0.717, 1.165) is 31.3 Å². The number of nitrogens with one attached hydrogen (secondary N) is 2. The molecule has 1 rings (SSSR count). The first-order valence-electron chi connectivity index (χ1n) is 6.67. The normalized spacial score (nSPS) is 10.9. The molecule has 0 amide bonds. The molecular formula is C13H25N5O. The third-order valence-corrected chi connectivity index (χ3v) is 2.99. The van der Waals surface area contributed by atoms with Gasteiger partial charge in [0, 0.05) is 25.7 Å². The van der Waals surface area contributed by atoms with Gasteiger partial charge in [-0.15, -0.1) is 0 Å². The second kappa shape index (κ2) is 7.78. The molecule has 0 aliphatic heterocycles. The van der Waals surface area contributed by atoms with Gasteiger partial charge >= 0.3 is 0 Å². The summed E-state index contributed by atoms with van der Waals surface area (Å²) in [6, 6.07) is 0.534. The molecule has 2 N–H and O–H groups in total. The van der Waals surface area contributed by atoms with Crippen LogP contribution in [0.15, 0.2) is 6.33 Å². The van der Waals surface area contributed by atoms with E-state index < -0.39 is 0 Å². The summed E-state index contributed by atoms with van der Waals surface area (Å²) >= 11 is 0. The van der Waals surface area contributed by atoms with Gasteiger partial charge in [-0.1, -0.05) is 0 Å². The third kappa shape index (κ3) is 4.55. The minimum atomic E-state index is 0.534. The first-order valence-corrected chi connectivity index (χ1v) is 6.67. The van der Waals surface area contributed by atoms with E-state index in [2.05, 4.69) is 46.4 Å². The van der Waals surface area contributed by atoms with E-state index in [-0.39, 0.29) is 0 Å². The van der Waals surface area contributed by atoms with Gasteiger partial charge < -0.3 is 20.3 Å². The van der Waals surface area contributed by atoms with E-state index in [1.807, 2.05) is 6.92 Å². The van der Waals surface area contributed by atoms with E-state index >= 15 is 0 Å². The molecule has 108 valence electrons. The lowest BCUT2D eigenvalue weighted by atomic mass is 10.3. The van der Waals surface area contributed by atoms with Gasteiger partial charge in [0.15, 0.2) is 11.6 Å². The second-order valence-corrected chi connectivity index (χ2v) is 4.64. The first-order chi connectivity index (χ1) is 9.10. The standard InChI is InChI=1S/C13H25N5O/c1-6-14-12-11(19-5)13(17-9-16-12)15-7-8-18(4)10(2)3/h9-10H,6-8H2,1-5H3,(H2,14,15,16,17). The van der Waals surface area contributed by atoms with Crippen LogP contribution in [-0.2, 0) is 0 Å². The Morgan fingerprint density at radius 3 is 2.42 bits per heavy atom. The van der Waals surface area contributed by atoms with Crippen molar-refractivity contribution in [3.8, 4) is 5.75 Å². The minimum Gasteiger partial charge on any atom is -0.490 e. The number of anilines is 2. The minimum absolute atomic E-state index is 0.534. The summed E-state index contributed by atoms with van der Waals surface area (Å²) in [5, 5.41) is 6.45. The van der Waals surface area contributed by atoms with Gasteiger partial charge in [0.1, 0.15) is 6.33 Å². The second-order valence-electron chi connectivity index (χ2n) is 4.64. The van der Waals surface area contributed by atoms with Gasteiger partial charge in [0.25, 0.3) is 0 Å². The van der Waals surface area contributed by atoms with Gasteiger partial charge in [-0.25, -0.2) is 9.97 Å². The zero-order chi connectivity index (χ0) is 14.3. The highest BCUT2D eigenvalue weighted by atomic mass is 16.5. The van der Waals surface area contributed by atoms with Crippen molar-refractivity contribution in [1.29, 1.82) is 0 Å². The van der Waals surface area contributed by atoms with E-state index in [4.69, 9.17) is 4.74 Å². The van der Waals surface area contributed by atoms with E-state index in [1.165, 1.54) is 6.33 Å². The van der Waals surface area contributed by atoms with Gasteiger partial charge in [-0.2, -0.15) is 0 Å². The van der Waals surface area contributed by atoms with Crippen LogP contribution in [0.25, 0.3) is 0 Å². The molecule has 19 heavy (non-hydrogen) atoms. The summed E-state index contributed by atoms with van der Waals surface area (Å²) in [7, 11) is 3.73. The molecule has 0 bridgehead atoms. The van der Waals surface area contributed by atoms with Crippen molar-refractivity contribution < 1.29 is 4.74 Å². The van der Waals surface area contributed by atoms with Crippen LogP contribution >= 0.6 is 0 Å². The van der Waals surface area contributed by atoms with Crippen molar-refractivity contribution in [3.63, 3.8) is 0 Å². The van der Waals surface area contributed by atoms with Gasteiger partial charge in [0.05, 0.1) is 7.11 Å². The number of hydrogen-bond acceptors (Lipinski definition) is 6. The van der Waals surface area contributed by atoms with Crippen molar-refractivity contribution in [1.82, 2.24) is 14.9 Å². The summed E-state index contributed by atoms with van der Waals surface area (Å²) in [6.45, 7) is 8.92. The van der Waals surface area contributed by atoms with Crippen LogP contribution in [0.5, 0.6) is 5.75 Å². The predicted octanol–water partition coefficient (Wildman–Crippen LogP) is 1.67. The molecule has 0 spiro atoms. The number of methoxy groups -OCH3 is 1. The Hall–Kier alpha value is -1.56.